The van der Waals surface area contributed by atoms with E-state index < -0.39 is 0 Å². The van der Waals surface area contributed by atoms with Crippen LogP contribution in [0.4, 0.5) is 0 Å². The standard InChI is InChI=1S/C14H24N2/c1-2-7-13(15)14(16)11-6-10-12-8-4-3-5-9-12/h3-5,8-9,13-14H,2,6-7,10-11,15-16H2,1H3. The topological polar surface area (TPSA) is 52.0 Å². The van der Waals surface area contributed by atoms with E-state index in [-0.39, 0.29) is 12.1 Å². The summed E-state index contributed by atoms with van der Waals surface area (Å²) >= 11 is 0. The van der Waals surface area contributed by atoms with Crippen LogP contribution in [0.1, 0.15) is 38.2 Å². The molecule has 0 fully saturated rings. The minimum absolute atomic E-state index is 0.156. The van der Waals surface area contributed by atoms with Crippen LogP contribution in [0, 0.1) is 0 Å². The maximum atomic E-state index is 6.04. The highest BCUT2D eigenvalue weighted by Crippen LogP contribution is 2.08. The minimum Gasteiger partial charge on any atom is -0.326 e. The van der Waals surface area contributed by atoms with Gasteiger partial charge in [0.05, 0.1) is 0 Å². The zero-order valence-electron chi connectivity index (χ0n) is 10.2. The Hall–Kier alpha value is -0.860. The van der Waals surface area contributed by atoms with Crippen molar-refractivity contribution in [2.24, 2.45) is 11.5 Å². The van der Waals surface area contributed by atoms with Gasteiger partial charge in [0, 0.05) is 12.1 Å². The summed E-state index contributed by atoms with van der Waals surface area (Å²) in [4.78, 5) is 0. The van der Waals surface area contributed by atoms with Crippen LogP contribution in [-0.2, 0) is 6.42 Å². The van der Waals surface area contributed by atoms with Crippen molar-refractivity contribution >= 4 is 0 Å². The normalized spacial score (nSPS) is 14.7. The highest BCUT2D eigenvalue weighted by molar-refractivity contribution is 5.14. The van der Waals surface area contributed by atoms with Crippen LogP contribution >= 0.6 is 0 Å². The Morgan fingerprint density at radius 2 is 1.62 bits per heavy atom. The van der Waals surface area contributed by atoms with Crippen molar-refractivity contribution in [3.8, 4) is 0 Å². The zero-order chi connectivity index (χ0) is 11.8. The number of hydrogen-bond acceptors (Lipinski definition) is 2. The number of nitrogens with two attached hydrogens (primary N) is 2. The van der Waals surface area contributed by atoms with Gasteiger partial charge in [0.25, 0.3) is 0 Å². The molecule has 1 aromatic carbocycles. The summed E-state index contributed by atoms with van der Waals surface area (Å²) < 4.78 is 0. The van der Waals surface area contributed by atoms with Gasteiger partial charge in [-0.25, -0.2) is 0 Å². The summed E-state index contributed by atoms with van der Waals surface area (Å²) in [7, 11) is 0. The molecule has 2 atom stereocenters. The van der Waals surface area contributed by atoms with E-state index in [1.165, 1.54) is 5.56 Å². The SMILES string of the molecule is CCCC(N)C(N)CCCc1ccccc1. The lowest BCUT2D eigenvalue weighted by Crippen LogP contribution is -2.41. The van der Waals surface area contributed by atoms with E-state index >= 15 is 0 Å². The molecule has 0 saturated heterocycles. The molecule has 4 N–H and O–H groups in total. The lowest BCUT2D eigenvalue weighted by atomic mass is 9.98. The van der Waals surface area contributed by atoms with Crippen LogP contribution in [0.5, 0.6) is 0 Å². The van der Waals surface area contributed by atoms with E-state index in [4.69, 9.17) is 11.5 Å². The van der Waals surface area contributed by atoms with Gasteiger partial charge in [0.15, 0.2) is 0 Å². The smallest absolute Gasteiger partial charge is 0.0192 e. The van der Waals surface area contributed by atoms with E-state index in [0.717, 1.165) is 32.1 Å². The Bertz CT molecular complexity index is 271. The number of hydrogen-bond donors (Lipinski definition) is 2. The first-order valence-corrected chi connectivity index (χ1v) is 6.29. The maximum absolute atomic E-state index is 6.04. The molecule has 0 heterocycles. The van der Waals surface area contributed by atoms with Crippen molar-refractivity contribution in [3.05, 3.63) is 35.9 Å². The fourth-order valence-electron chi connectivity index (χ4n) is 1.95. The number of rotatable bonds is 7. The van der Waals surface area contributed by atoms with Gasteiger partial charge < -0.3 is 11.5 Å². The van der Waals surface area contributed by atoms with Crippen molar-refractivity contribution < 1.29 is 0 Å². The molecule has 2 heteroatoms. The molecule has 0 aromatic heterocycles. The Kier molecular flexibility index (Phi) is 6.12. The van der Waals surface area contributed by atoms with E-state index in [1.807, 2.05) is 6.07 Å². The van der Waals surface area contributed by atoms with Crippen molar-refractivity contribution in [2.45, 2.75) is 51.1 Å². The molecular weight excluding hydrogens is 196 g/mol. The Morgan fingerprint density at radius 1 is 1.00 bits per heavy atom. The van der Waals surface area contributed by atoms with Crippen molar-refractivity contribution in [2.75, 3.05) is 0 Å². The first-order chi connectivity index (χ1) is 7.74. The Labute approximate surface area is 99.0 Å². The summed E-state index contributed by atoms with van der Waals surface area (Å²) in [5, 5.41) is 0. The fraction of sp³-hybridized carbons (Fsp3) is 0.571. The van der Waals surface area contributed by atoms with Gasteiger partial charge >= 0.3 is 0 Å². The molecular formula is C14H24N2. The van der Waals surface area contributed by atoms with Gasteiger partial charge in [-0.05, 0) is 31.2 Å². The summed E-state index contributed by atoms with van der Waals surface area (Å²) in [6.07, 6.45) is 5.41. The predicted octanol–water partition coefficient (Wildman–Crippen LogP) is 2.46. The zero-order valence-corrected chi connectivity index (χ0v) is 10.2. The monoisotopic (exact) mass is 220 g/mol. The third-order valence-electron chi connectivity index (χ3n) is 3.02. The maximum Gasteiger partial charge on any atom is 0.0192 e. The second-order valence-electron chi connectivity index (χ2n) is 4.49. The summed E-state index contributed by atoms with van der Waals surface area (Å²) in [6, 6.07) is 10.9. The fourth-order valence-corrected chi connectivity index (χ4v) is 1.95. The van der Waals surface area contributed by atoms with E-state index in [2.05, 4.69) is 31.2 Å². The second-order valence-corrected chi connectivity index (χ2v) is 4.49. The van der Waals surface area contributed by atoms with E-state index in [9.17, 15) is 0 Å². The van der Waals surface area contributed by atoms with Crippen LogP contribution < -0.4 is 11.5 Å². The van der Waals surface area contributed by atoms with Crippen LogP contribution in [0.15, 0.2) is 30.3 Å². The molecule has 90 valence electrons. The number of benzene rings is 1. The Balaban J connectivity index is 2.20. The summed E-state index contributed by atoms with van der Waals surface area (Å²) in [6.45, 7) is 2.15. The average molecular weight is 220 g/mol. The molecule has 0 saturated carbocycles. The largest absolute Gasteiger partial charge is 0.326 e. The first kappa shape index (κ1) is 13.2. The van der Waals surface area contributed by atoms with Crippen LogP contribution in [0.3, 0.4) is 0 Å². The minimum atomic E-state index is 0.156. The Morgan fingerprint density at radius 3 is 2.25 bits per heavy atom. The third-order valence-corrected chi connectivity index (χ3v) is 3.02. The second kappa shape index (κ2) is 7.42. The molecule has 16 heavy (non-hydrogen) atoms. The van der Waals surface area contributed by atoms with E-state index in [0.29, 0.717) is 0 Å². The summed E-state index contributed by atoms with van der Waals surface area (Å²) in [5.74, 6) is 0. The van der Waals surface area contributed by atoms with Gasteiger partial charge in [-0.15, -0.1) is 0 Å². The molecule has 0 bridgehead atoms. The van der Waals surface area contributed by atoms with Gasteiger partial charge in [0.1, 0.15) is 0 Å². The molecule has 1 aromatic rings. The van der Waals surface area contributed by atoms with Crippen LogP contribution in [0.25, 0.3) is 0 Å². The molecule has 2 nitrogen and oxygen atoms in total. The predicted molar refractivity (Wildman–Crippen MR) is 70.2 cm³/mol. The number of aryl methyl sites for hydroxylation is 1. The molecule has 0 radical (unpaired) electrons. The highest BCUT2D eigenvalue weighted by atomic mass is 14.8. The molecule has 0 spiro atoms. The lowest BCUT2D eigenvalue weighted by Gasteiger charge is -2.19. The van der Waals surface area contributed by atoms with Crippen LogP contribution in [-0.4, -0.2) is 12.1 Å². The van der Waals surface area contributed by atoms with Gasteiger partial charge in [-0.1, -0.05) is 43.7 Å². The first-order valence-electron chi connectivity index (χ1n) is 6.29. The van der Waals surface area contributed by atoms with Crippen molar-refractivity contribution in [3.63, 3.8) is 0 Å². The molecule has 0 aliphatic carbocycles. The quantitative estimate of drug-likeness (QED) is 0.741. The van der Waals surface area contributed by atoms with Crippen molar-refractivity contribution in [1.82, 2.24) is 0 Å². The highest BCUT2D eigenvalue weighted by Gasteiger charge is 2.11. The van der Waals surface area contributed by atoms with Gasteiger partial charge in [-0.3, -0.25) is 0 Å². The molecule has 2 unspecified atom stereocenters. The van der Waals surface area contributed by atoms with Gasteiger partial charge in [-0.2, -0.15) is 0 Å². The molecule has 0 aliphatic rings. The van der Waals surface area contributed by atoms with E-state index in [1.54, 1.807) is 0 Å². The van der Waals surface area contributed by atoms with Crippen LogP contribution in [0.2, 0.25) is 0 Å². The third kappa shape index (κ3) is 4.77. The molecule has 0 amide bonds. The lowest BCUT2D eigenvalue weighted by molar-refractivity contribution is 0.455. The van der Waals surface area contributed by atoms with Crippen molar-refractivity contribution in [1.29, 1.82) is 0 Å². The molecule has 1 rings (SSSR count). The van der Waals surface area contributed by atoms with Gasteiger partial charge in [0.2, 0.25) is 0 Å². The molecule has 0 aliphatic heterocycles. The summed E-state index contributed by atoms with van der Waals surface area (Å²) in [5.41, 5.74) is 13.4. The average Bonchev–Trinajstić information content (AvgIpc) is 2.30.